The molecule has 0 spiro atoms. The first-order valence-corrected chi connectivity index (χ1v) is 11.8. The number of ether oxygens (including phenoxy) is 1. The lowest BCUT2D eigenvalue weighted by atomic mass is 10.1. The van der Waals surface area contributed by atoms with E-state index in [2.05, 4.69) is 0 Å². The smallest absolute Gasteiger partial charge is 0.254 e. The van der Waals surface area contributed by atoms with Crippen molar-refractivity contribution in [1.82, 2.24) is 9.21 Å². The van der Waals surface area contributed by atoms with Gasteiger partial charge in [-0.05, 0) is 48.9 Å². The Kier molecular flexibility index (Phi) is 6.27. The number of anilines is 1. The lowest BCUT2D eigenvalue weighted by Gasteiger charge is -2.35. The molecule has 2 aliphatic heterocycles. The number of rotatable bonds is 4. The van der Waals surface area contributed by atoms with Crippen molar-refractivity contribution in [2.75, 3.05) is 57.4 Å². The van der Waals surface area contributed by atoms with Crippen molar-refractivity contribution in [1.29, 1.82) is 0 Å². The molecule has 4 rings (SSSR count). The predicted molar refractivity (Wildman–Crippen MR) is 115 cm³/mol. The third-order valence-corrected chi connectivity index (χ3v) is 7.70. The van der Waals surface area contributed by atoms with Crippen LogP contribution in [0.1, 0.15) is 15.9 Å². The highest BCUT2D eigenvalue weighted by Crippen LogP contribution is 2.24. The van der Waals surface area contributed by atoms with Crippen LogP contribution in [0.25, 0.3) is 0 Å². The summed E-state index contributed by atoms with van der Waals surface area (Å²) in [6.45, 7) is 5.45. The minimum absolute atomic E-state index is 0.130. The number of piperazine rings is 1. The lowest BCUT2D eigenvalue weighted by molar-refractivity contribution is 0.0302. The molecule has 31 heavy (non-hydrogen) atoms. The van der Waals surface area contributed by atoms with Gasteiger partial charge in [0, 0.05) is 50.5 Å². The molecule has 166 valence electrons. The van der Waals surface area contributed by atoms with E-state index in [1.165, 1.54) is 22.5 Å². The average Bonchev–Trinajstić information content (AvgIpc) is 2.80. The molecule has 2 saturated heterocycles. The second-order valence-electron chi connectivity index (χ2n) is 7.75. The van der Waals surface area contributed by atoms with Gasteiger partial charge in [-0.25, -0.2) is 12.8 Å². The molecule has 0 atom stereocenters. The summed E-state index contributed by atoms with van der Waals surface area (Å²) in [5, 5.41) is 0. The van der Waals surface area contributed by atoms with Crippen molar-refractivity contribution in [2.45, 2.75) is 11.8 Å². The Morgan fingerprint density at radius 3 is 2.23 bits per heavy atom. The van der Waals surface area contributed by atoms with Gasteiger partial charge in [0.05, 0.1) is 18.1 Å². The number of sulfonamides is 1. The van der Waals surface area contributed by atoms with E-state index in [4.69, 9.17) is 4.74 Å². The number of nitrogens with zero attached hydrogens (tertiary/aromatic N) is 3. The number of benzene rings is 2. The Labute approximate surface area is 182 Å². The normalized spacial score (nSPS) is 18.3. The fourth-order valence-corrected chi connectivity index (χ4v) is 5.37. The molecule has 0 N–H and O–H groups in total. The first-order valence-electron chi connectivity index (χ1n) is 10.3. The maximum Gasteiger partial charge on any atom is 0.254 e. The molecule has 7 nitrogen and oxygen atoms in total. The Balaban J connectivity index is 1.50. The van der Waals surface area contributed by atoms with Crippen molar-refractivity contribution >= 4 is 21.6 Å². The average molecular weight is 448 g/mol. The molecule has 9 heteroatoms. The van der Waals surface area contributed by atoms with Crippen LogP contribution >= 0.6 is 0 Å². The Morgan fingerprint density at radius 1 is 0.935 bits per heavy atom. The largest absolute Gasteiger partial charge is 0.378 e. The third-order valence-electron chi connectivity index (χ3n) is 5.81. The summed E-state index contributed by atoms with van der Waals surface area (Å²) in [7, 11) is -3.73. The van der Waals surface area contributed by atoms with E-state index >= 15 is 0 Å². The Hall–Kier alpha value is -2.49. The molecule has 0 saturated carbocycles. The van der Waals surface area contributed by atoms with Gasteiger partial charge in [-0.3, -0.25) is 4.79 Å². The second kappa shape index (κ2) is 8.94. The molecule has 2 aliphatic rings. The van der Waals surface area contributed by atoms with Crippen LogP contribution < -0.4 is 4.90 Å². The topological polar surface area (TPSA) is 70.2 Å². The minimum atomic E-state index is -3.73. The zero-order valence-electron chi connectivity index (χ0n) is 17.5. The number of halogens is 1. The number of carbonyl (C=O) groups is 1. The van der Waals surface area contributed by atoms with Gasteiger partial charge in [-0.2, -0.15) is 4.31 Å². The molecule has 2 fully saturated rings. The maximum atomic E-state index is 13.3. The summed E-state index contributed by atoms with van der Waals surface area (Å²) >= 11 is 0. The molecule has 0 unspecified atom stereocenters. The number of aryl methyl sites for hydroxylation is 1. The molecular weight excluding hydrogens is 421 g/mol. The van der Waals surface area contributed by atoms with Gasteiger partial charge in [0.25, 0.3) is 5.91 Å². The molecule has 2 aromatic carbocycles. The van der Waals surface area contributed by atoms with Gasteiger partial charge in [0.15, 0.2) is 0 Å². The highest BCUT2D eigenvalue weighted by Gasteiger charge is 2.30. The Morgan fingerprint density at radius 2 is 1.58 bits per heavy atom. The van der Waals surface area contributed by atoms with Crippen molar-refractivity contribution in [2.24, 2.45) is 0 Å². The summed E-state index contributed by atoms with van der Waals surface area (Å²) in [6.07, 6.45) is 0. The number of carbonyl (C=O) groups excluding carboxylic acids is 1. The van der Waals surface area contributed by atoms with Crippen LogP contribution in [0.2, 0.25) is 0 Å². The van der Waals surface area contributed by atoms with Crippen molar-refractivity contribution in [3.63, 3.8) is 0 Å². The third kappa shape index (κ3) is 4.58. The highest BCUT2D eigenvalue weighted by atomic mass is 32.2. The van der Waals surface area contributed by atoms with Crippen LogP contribution in [0.5, 0.6) is 0 Å². The quantitative estimate of drug-likeness (QED) is 0.718. The Bertz CT molecular complexity index is 1040. The number of hydrogen-bond acceptors (Lipinski definition) is 5. The summed E-state index contributed by atoms with van der Waals surface area (Å²) < 4.78 is 46.4. The molecule has 0 bridgehead atoms. The first kappa shape index (κ1) is 21.7. The summed E-state index contributed by atoms with van der Waals surface area (Å²) in [4.78, 5) is 16.8. The highest BCUT2D eigenvalue weighted by molar-refractivity contribution is 7.89. The number of morpholine rings is 1. The van der Waals surface area contributed by atoms with E-state index in [0.29, 0.717) is 58.0 Å². The van der Waals surface area contributed by atoms with E-state index in [0.717, 1.165) is 11.3 Å². The zero-order valence-corrected chi connectivity index (χ0v) is 18.3. The van der Waals surface area contributed by atoms with Gasteiger partial charge < -0.3 is 14.5 Å². The van der Waals surface area contributed by atoms with Gasteiger partial charge >= 0.3 is 0 Å². The van der Waals surface area contributed by atoms with Crippen molar-refractivity contribution < 1.29 is 22.3 Å². The van der Waals surface area contributed by atoms with E-state index in [1.807, 2.05) is 11.8 Å². The molecule has 0 aliphatic carbocycles. The SMILES string of the molecule is Cc1ccc(S(=O)(=O)N2CCN(c3ccc(F)cc3)CC2)cc1C(=O)N1CCOCC1. The van der Waals surface area contributed by atoms with Crippen molar-refractivity contribution in [3.05, 3.63) is 59.4 Å². The van der Waals surface area contributed by atoms with Crippen LogP contribution in [0, 0.1) is 12.7 Å². The van der Waals surface area contributed by atoms with Crippen LogP contribution in [0.4, 0.5) is 10.1 Å². The predicted octanol–water partition coefficient (Wildman–Crippen LogP) is 2.12. The van der Waals surface area contributed by atoms with Gasteiger partial charge in [-0.15, -0.1) is 0 Å². The first-order chi connectivity index (χ1) is 14.9. The van der Waals surface area contributed by atoms with Crippen LogP contribution in [-0.4, -0.2) is 76.0 Å². The fraction of sp³-hybridized carbons (Fsp3) is 0.409. The summed E-state index contributed by atoms with van der Waals surface area (Å²) in [6, 6.07) is 10.9. The van der Waals surface area contributed by atoms with E-state index in [9.17, 15) is 17.6 Å². The second-order valence-corrected chi connectivity index (χ2v) is 9.69. The summed E-state index contributed by atoms with van der Waals surface area (Å²) in [5.41, 5.74) is 2.02. The molecule has 2 aromatic rings. The van der Waals surface area contributed by atoms with E-state index in [-0.39, 0.29) is 16.6 Å². The maximum absolute atomic E-state index is 13.3. The molecule has 1 amide bonds. The van der Waals surface area contributed by atoms with Crippen molar-refractivity contribution in [3.8, 4) is 0 Å². The lowest BCUT2D eigenvalue weighted by Crippen LogP contribution is -2.48. The van der Waals surface area contributed by atoms with Crippen LogP contribution in [-0.2, 0) is 14.8 Å². The summed E-state index contributed by atoms with van der Waals surface area (Å²) in [5.74, 6) is -0.467. The van der Waals surface area contributed by atoms with Crippen LogP contribution in [0.15, 0.2) is 47.4 Å². The standard InChI is InChI=1S/C22H26FN3O4S/c1-17-2-7-20(16-21(17)22(27)25-12-14-30-15-13-25)31(28,29)26-10-8-24(9-11-26)19-5-3-18(23)4-6-19/h2-7,16H,8-15H2,1H3. The van der Waals surface area contributed by atoms with Gasteiger partial charge in [-0.1, -0.05) is 6.07 Å². The van der Waals surface area contributed by atoms with E-state index < -0.39 is 10.0 Å². The number of hydrogen-bond donors (Lipinski definition) is 0. The fourth-order valence-electron chi connectivity index (χ4n) is 3.92. The molecule has 0 radical (unpaired) electrons. The van der Waals surface area contributed by atoms with Gasteiger partial charge in [0.1, 0.15) is 5.82 Å². The van der Waals surface area contributed by atoms with Crippen LogP contribution in [0.3, 0.4) is 0 Å². The minimum Gasteiger partial charge on any atom is -0.378 e. The molecule has 2 heterocycles. The monoisotopic (exact) mass is 447 g/mol. The zero-order chi connectivity index (χ0) is 22.0. The number of amides is 1. The van der Waals surface area contributed by atoms with Gasteiger partial charge in [0.2, 0.25) is 10.0 Å². The van der Waals surface area contributed by atoms with E-state index in [1.54, 1.807) is 29.2 Å². The molecule has 0 aromatic heterocycles. The molecular formula is C22H26FN3O4S.